The number of halogens is 3. The van der Waals surface area contributed by atoms with Crippen LogP contribution in [-0.4, -0.2) is 16.0 Å². The molecule has 1 aromatic heterocycles. The minimum absolute atomic E-state index is 0.0376. The Kier molecular flexibility index (Phi) is 4.01. The fourth-order valence-corrected chi connectivity index (χ4v) is 2.30. The number of aromatic hydroxyl groups is 1. The highest BCUT2D eigenvalue weighted by Crippen LogP contribution is 2.32. The van der Waals surface area contributed by atoms with Crippen LogP contribution in [0.4, 0.5) is 10.1 Å². The lowest BCUT2D eigenvalue weighted by Crippen LogP contribution is -2.14. The second-order valence-corrected chi connectivity index (χ2v) is 4.83. The molecule has 0 unspecified atom stereocenters. The molecule has 98 valence electrons. The number of carbonyl (C=O) groups excluding carboxylic acids is 1. The van der Waals surface area contributed by atoms with Crippen molar-refractivity contribution < 1.29 is 14.3 Å². The fraction of sp³-hybridized carbons (Fsp3) is 0. The van der Waals surface area contributed by atoms with Crippen molar-refractivity contribution in [2.75, 3.05) is 5.32 Å². The predicted octanol–water partition coefficient (Wildman–Crippen LogP) is 3.59. The van der Waals surface area contributed by atoms with Gasteiger partial charge in [-0.25, -0.2) is 9.37 Å². The Morgan fingerprint density at radius 1 is 1.47 bits per heavy atom. The highest BCUT2D eigenvalue weighted by Gasteiger charge is 2.16. The van der Waals surface area contributed by atoms with Crippen molar-refractivity contribution in [1.29, 1.82) is 0 Å². The number of aromatic nitrogens is 1. The molecule has 0 radical (unpaired) electrons. The number of rotatable bonds is 2. The molecule has 1 amide bonds. The molecule has 7 heteroatoms. The maximum absolute atomic E-state index is 13.1. The van der Waals surface area contributed by atoms with E-state index in [0.29, 0.717) is 4.47 Å². The van der Waals surface area contributed by atoms with Gasteiger partial charge in [0.2, 0.25) is 0 Å². The minimum Gasteiger partial charge on any atom is -0.505 e. The third-order valence-electron chi connectivity index (χ3n) is 2.25. The van der Waals surface area contributed by atoms with E-state index < -0.39 is 11.7 Å². The molecular formula is C12H7BrClFN2O2. The average molecular weight is 346 g/mol. The number of nitrogens with zero attached hydrogens (tertiary/aromatic N) is 1. The average Bonchev–Trinajstić information content (AvgIpc) is 2.34. The van der Waals surface area contributed by atoms with Crippen molar-refractivity contribution in [3.63, 3.8) is 0 Å². The zero-order chi connectivity index (χ0) is 14.0. The third-order valence-corrected chi connectivity index (χ3v) is 3.17. The van der Waals surface area contributed by atoms with Gasteiger partial charge in [-0.2, -0.15) is 0 Å². The fourth-order valence-electron chi connectivity index (χ4n) is 1.41. The van der Waals surface area contributed by atoms with Gasteiger partial charge in [-0.1, -0.05) is 11.6 Å². The van der Waals surface area contributed by atoms with Crippen LogP contribution in [0.2, 0.25) is 5.02 Å². The molecule has 2 aromatic rings. The summed E-state index contributed by atoms with van der Waals surface area (Å²) in [7, 11) is 0. The summed E-state index contributed by atoms with van der Waals surface area (Å²) in [6.07, 6.45) is 1.37. The van der Waals surface area contributed by atoms with Crippen LogP contribution in [0.25, 0.3) is 0 Å². The Morgan fingerprint density at radius 3 is 2.84 bits per heavy atom. The van der Waals surface area contributed by atoms with Crippen molar-refractivity contribution in [3.05, 3.63) is 51.5 Å². The Morgan fingerprint density at radius 2 is 2.21 bits per heavy atom. The van der Waals surface area contributed by atoms with Gasteiger partial charge in [-0.15, -0.1) is 0 Å². The first kappa shape index (κ1) is 13.8. The summed E-state index contributed by atoms with van der Waals surface area (Å²) >= 11 is 8.93. The first-order valence-electron chi connectivity index (χ1n) is 5.09. The van der Waals surface area contributed by atoms with Crippen LogP contribution in [0, 0.1) is 5.82 Å². The summed E-state index contributed by atoms with van der Waals surface area (Å²) < 4.78 is 13.3. The molecule has 0 atom stereocenters. The molecule has 0 saturated heterocycles. The lowest BCUT2D eigenvalue weighted by Gasteiger charge is -2.09. The van der Waals surface area contributed by atoms with Crippen LogP contribution in [-0.2, 0) is 0 Å². The van der Waals surface area contributed by atoms with Crippen LogP contribution in [0.5, 0.6) is 5.75 Å². The van der Waals surface area contributed by atoms with E-state index in [0.717, 1.165) is 6.07 Å². The Balaban J connectivity index is 2.32. The highest BCUT2D eigenvalue weighted by atomic mass is 79.9. The molecule has 1 heterocycles. The number of hydrogen-bond donors (Lipinski definition) is 2. The molecule has 1 aromatic carbocycles. The molecule has 0 spiro atoms. The summed E-state index contributed by atoms with van der Waals surface area (Å²) in [5.74, 6) is -1.43. The molecule has 0 aliphatic heterocycles. The van der Waals surface area contributed by atoms with Crippen molar-refractivity contribution in [2.45, 2.75) is 0 Å². The largest absolute Gasteiger partial charge is 0.505 e. The van der Waals surface area contributed by atoms with Crippen molar-refractivity contribution in [3.8, 4) is 5.75 Å². The molecule has 2 rings (SSSR count). The quantitative estimate of drug-likeness (QED) is 0.874. The zero-order valence-corrected chi connectivity index (χ0v) is 11.7. The van der Waals surface area contributed by atoms with E-state index in [1.807, 2.05) is 0 Å². The van der Waals surface area contributed by atoms with Crippen molar-refractivity contribution >= 4 is 39.1 Å². The molecule has 19 heavy (non-hydrogen) atoms. The van der Waals surface area contributed by atoms with E-state index in [1.54, 1.807) is 0 Å². The van der Waals surface area contributed by atoms with Gasteiger partial charge >= 0.3 is 0 Å². The van der Waals surface area contributed by atoms with Gasteiger partial charge < -0.3 is 10.4 Å². The topological polar surface area (TPSA) is 62.2 Å². The smallest absolute Gasteiger partial charge is 0.278 e. The Labute approximate surface area is 121 Å². The number of hydrogen-bond acceptors (Lipinski definition) is 3. The molecule has 0 aliphatic rings. The summed E-state index contributed by atoms with van der Waals surface area (Å²) in [6, 6.07) is 5.07. The first-order chi connectivity index (χ1) is 8.99. The van der Waals surface area contributed by atoms with E-state index in [-0.39, 0.29) is 22.2 Å². The lowest BCUT2D eigenvalue weighted by atomic mass is 10.2. The summed E-state index contributed by atoms with van der Waals surface area (Å²) in [5.41, 5.74) is 0.0629. The van der Waals surface area contributed by atoms with E-state index >= 15 is 0 Å². The van der Waals surface area contributed by atoms with Gasteiger partial charge in [0.1, 0.15) is 11.6 Å². The van der Waals surface area contributed by atoms with Gasteiger partial charge in [0, 0.05) is 10.7 Å². The highest BCUT2D eigenvalue weighted by molar-refractivity contribution is 9.10. The number of carbonyl (C=O) groups is 1. The van der Waals surface area contributed by atoms with Crippen molar-refractivity contribution in [2.24, 2.45) is 0 Å². The standard InChI is InChI=1S/C12H7BrClFN2O2/c13-7-4-6(15)5-8(14)10(7)17-12(19)11-9(18)2-1-3-16-11/h1-5,18H,(H,17,19). The number of nitrogens with one attached hydrogen (secondary N) is 1. The number of benzene rings is 1. The van der Waals surface area contributed by atoms with E-state index in [9.17, 15) is 14.3 Å². The van der Waals surface area contributed by atoms with E-state index in [2.05, 4.69) is 26.2 Å². The van der Waals surface area contributed by atoms with Crippen LogP contribution in [0.1, 0.15) is 10.5 Å². The Hall–Kier alpha value is -1.66. The van der Waals surface area contributed by atoms with Crippen LogP contribution in [0.3, 0.4) is 0 Å². The Bertz CT molecular complexity index is 628. The molecule has 0 bridgehead atoms. The normalized spacial score (nSPS) is 10.3. The van der Waals surface area contributed by atoms with Crippen LogP contribution >= 0.6 is 27.5 Å². The summed E-state index contributed by atoms with van der Waals surface area (Å²) in [4.78, 5) is 15.7. The molecule has 0 aliphatic carbocycles. The SMILES string of the molecule is O=C(Nc1c(Cl)cc(F)cc1Br)c1ncccc1O. The van der Waals surface area contributed by atoms with E-state index in [1.165, 1.54) is 24.4 Å². The maximum Gasteiger partial charge on any atom is 0.278 e. The zero-order valence-electron chi connectivity index (χ0n) is 9.32. The number of amides is 1. The lowest BCUT2D eigenvalue weighted by molar-refractivity contribution is 0.101. The molecule has 0 fully saturated rings. The first-order valence-corrected chi connectivity index (χ1v) is 6.26. The summed E-state index contributed by atoms with van der Waals surface area (Å²) in [5, 5.41) is 12.0. The second-order valence-electron chi connectivity index (χ2n) is 3.57. The van der Waals surface area contributed by atoms with Gasteiger partial charge in [0.05, 0.1) is 10.7 Å². The third kappa shape index (κ3) is 3.02. The number of pyridine rings is 1. The van der Waals surface area contributed by atoms with Gasteiger partial charge in [-0.3, -0.25) is 4.79 Å². The summed E-state index contributed by atoms with van der Waals surface area (Å²) in [6.45, 7) is 0. The number of anilines is 1. The van der Waals surface area contributed by atoms with Gasteiger partial charge in [-0.05, 0) is 40.2 Å². The monoisotopic (exact) mass is 344 g/mol. The van der Waals surface area contributed by atoms with Crippen molar-refractivity contribution in [1.82, 2.24) is 4.98 Å². The second kappa shape index (κ2) is 5.54. The molecular weight excluding hydrogens is 338 g/mol. The van der Waals surface area contributed by atoms with E-state index in [4.69, 9.17) is 11.6 Å². The van der Waals surface area contributed by atoms with Crippen LogP contribution in [0.15, 0.2) is 34.9 Å². The van der Waals surface area contributed by atoms with Gasteiger partial charge in [0.25, 0.3) is 5.91 Å². The van der Waals surface area contributed by atoms with Gasteiger partial charge in [0.15, 0.2) is 5.69 Å². The minimum atomic E-state index is -0.646. The molecule has 4 nitrogen and oxygen atoms in total. The van der Waals surface area contributed by atoms with Crippen LogP contribution < -0.4 is 5.32 Å². The predicted molar refractivity (Wildman–Crippen MR) is 73.0 cm³/mol. The maximum atomic E-state index is 13.1. The molecule has 2 N–H and O–H groups in total. The molecule has 0 saturated carbocycles.